The number of carbonyl (C=O) groups excluding carboxylic acids is 1. The topological polar surface area (TPSA) is 95.6 Å². The number of fused-ring (bicyclic) bond motifs is 1. The summed E-state index contributed by atoms with van der Waals surface area (Å²) in [4.78, 5) is 20.9. The third kappa shape index (κ3) is 6.79. The lowest BCUT2D eigenvalue weighted by atomic mass is 9.90. The number of para-hydroxylation sites is 1. The minimum absolute atomic E-state index is 0.0580. The molecule has 208 valence electrons. The van der Waals surface area contributed by atoms with Crippen molar-refractivity contribution in [3.8, 4) is 23.0 Å². The number of pyridine rings is 1. The van der Waals surface area contributed by atoms with E-state index < -0.39 is 0 Å². The number of aromatic amines is 1. The van der Waals surface area contributed by atoms with Gasteiger partial charge in [-0.1, -0.05) is 30.3 Å². The number of carbonyl (C=O) groups is 1. The molecule has 4 aromatic rings. The number of amides is 1. The van der Waals surface area contributed by atoms with Gasteiger partial charge in [-0.3, -0.25) is 9.89 Å². The largest absolute Gasteiger partial charge is 0.457 e. The first-order valence-electron chi connectivity index (χ1n) is 13.6. The number of anilines is 1. The van der Waals surface area contributed by atoms with Crippen molar-refractivity contribution in [1.82, 2.24) is 25.0 Å². The number of nitrogens with zero attached hydrogens (tertiary/aromatic N) is 4. The first kappa shape index (κ1) is 27.2. The van der Waals surface area contributed by atoms with Gasteiger partial charge in [-0.25, -0.2) is 4.98 Å². The van der Waals surface area contributed by atoms with Gasteiger partial charge in [0.05, 0.1) is 0 Å². The molecule has 9 heteroatoms. The standard InChI is InChI=1S/C31H36N6O3/c1-36(2)20-8-13-28(38)37(3)23-16-14-22(15-17-23)33-31-29-27(18-19-32-30(29)34-35-31)40-26-12-7-11-25(21-26)39-24-9-5-4-6-10-24/h4-13,18-19,21-23H,14-17,20H2,1-3H3,(H2,32,33,34,35)/b13-8+/t22-,23-. The Morgan fingerprint density at radius 2 is 1.70 bits per heavy atom. The Labute approximate surface area is 234 Å². The van der Waals surface area contributed by atoms with Crippen LogP contribution in [0, 0.1) is 0 Å². The number of hydrogen-bond donors (Lipinski definition) is 2. The molecule has 40 heavy (non-hydrogen) atoms. The Morgan fingerprint density at radius 1 is 0.975 bits per heavy atom. The third-order valence-electron chi connectivity index (χ3n) is 7.10. The van der Waals surface area contributed by atoms with Crippen molar-refractivity contribution in [3.63, 3.8) is 0 Å². The second kappa shape index (κ2) is 12.7. The van der Waals surface area contributed by atoms with Crippen LogP contribution >= 0.6 is 0 Å². The summed E-state index contributed by atoms with van der Waals surface area (Å²) in [5.74, 6) is 3.53. The molecule has 2 heterocycles. The number of aromatic nitrogens is 3. The van der Waals surface area contributed by atoms with Crippen LogP contribution in [0.1, 0.15) is 25.7 Å². The van der Waals surface area contributed by atoms with E-state index in [-0.39, 0.29) is 18.0 Å². The molecule has 1 saturated carbocycles. The Bertz CT molecular complexity index is 1440. The lowest BCUT2D eigenvalue weighted by molar-refractivity contribution is -0.127. The van der Waals surface area contributed by atoms with E-state index in [4.69, 9.17) is 9.47 Å². The molecule has 1 aliphatic rings. The number of ether oxygens (including phenoxy) is 2. The molecule has 0 unspecified atom stereocenters. The maximum Gasteiger partial charge on any atom is 0.246 e. The van der Waals surface area contributed by atoms with Crippen LogP contribution in [0.3, 0.4) is 0 Å². The van der Waals surface area contributed by atoms with Gasteiger partial charge in [0.25, 0.3) is 0 Å². The van der Waals surface area contributed by atoms with Crippen LogP contribution in [0.15, 0.2) is 79.0 Å². The van der Waals surface area contributed by atoms with E-state index in [0.29, 0.717) is 28.7 Å². The fraction of sp³-hybridized carbons (Fsp3) is 0.323. The third-order valence-corrected chi connectivity index (χ3v) is 7.10. The summed E-state index contributed by atoms with van der Waals surface area (Å²) in [6.07, 6.45) is 9.03. The van der Waals surface area contributed by atoms with Crippen LogP contribution in [-0.2, 0) is 4.79 Å². The molecule has 0 bridgehead atoms. The van der Waals surface area contributed by atoms with Crippen LogP contribution in [-0.4, -0.2) is 70.7 Å². The predicted molar refractivity (Wildman–Crippen MR) is 157 cm³/mol. The molecule has 9 nitrogen and oxygen atoms in total. The minimum Gasteiger partial charge on any atom is -0.457 e. The highest BCUT2D eigenvalue weighted by Crippen LogP contribution is 2.36. The van der Waals surface area contributed by atoms with E-state index in [1.165, 1.54) is 0 Å². The van der Waals surface area contributed by atoms with Gasteiger partial charge in [-0.2, -0.15) is 5.10 Å². The molecular formula is C31H36N6O3. The van der Waals surface area contributed by atoms with Gasteiger partial charge in [0.1, 0.15) is 28.4 Å². The van der Waals surface area contributed by atoms with Gasteiger partial charge in [-0.05, 0) is 64.0 Å². The number of H-pyrrole nitrogens is 1. The Morgan fingerprint density at radius 3 is 2.45 bits per heavy atom. The van der Waals surface area contributed by atoms with E-state index in [1.807, 2.05) is 97.7 Å². The van der Waals surface area contributed by atoms with E-state index in [0.717, 1.165) is 43.4 Å². The molecule has 0 atom stereocenters. The van der Waals surface area contributed by atoms with Gasteiger partial charge in [0.2, 0.25) is 5.91 Å². The fourth-order valence-electron chi connectivity index (χ4n) is 4.93. The highest BCUT2D eigenvalue weighted by molar-refractivity contribution is 5.93. The quantitative estimate of drug-likeness (QED) is 0.244. The summed E-state index contributed by atoms with van der Waals surface area (Å²) >= 11 is 0. The molecule has 1 fully saturated rings. The van der Waals surface area contributed by atoms with Crippen molar-refractivity contribution < 1.29 is 14.3 Å². The maximum atomic E-state index is 12.6. The Balaban J connectivity index is 1.23. The fourth-order valence-corrected chi connectivity index (χ4v) is 4.93. The van der Waals surface area contributed by atoms with Crippen molar-refractivity contribution >= 4 is 22.8 Å². The van der Waals surface area contributed by atoms with Crippen molar-refractivity contribution in [2.45, 2.75) is 37.8 Å². The molecule has 0 radical (unpaired) electrons. The van der Waals surface area contributed by atoms with Crippen molar-refractivity contribution in [1.29, 1.82) is 0 Å². The molecular weight excluding hydrogens is 504 g/mol. The highest BCUT2D eigenvalue weighted by Gasteiger charge is 2.27. The van der Waals surface area contributed by atoms with E-state index >= 15 is 0 Å². The average molecular weight is 541 g/mol. The molecule has 5 rings (SSSR count). The zero-order valence-corrected chi connectivity index (χ0v) is 23.2. The van der Waals surface area contributed by atoms with Crippen molar-refractivity contribution in [3.05, 3.63) is 79.0 Å². The van der Waals surface area contributed by atoms with Crippen LogP contribution < -0.4 is 14.8 Å². The summed E-state index contributed by atoms with van der Waals surface area (Å²) in [5, 5.41) is 11.9. The van der Waals surface area contributed by atoms with Crippen LogP contribution in [0.25, 0.3) is 11.0 Å². The van der Waals surface area contributed by atoms with Crippen LogP contribution in [0.2, 0.25) is 0 Å². The molecule has 0 aliphatic heterocycles. The summed E-state index contributed by atoms with van der Waals surface area (Å²) in [6, 6.07) is 19.5. The molecule has 2 N–H and O–H groups in total. The van der Waals surface area contributed by atoms with Gasteiger partial charge in [0, 0.05) is 50.1 Å². The second-order valence-electron chi connectivity index (χ2n) is 10.4. The average Bonchev–Trinajstić information content (AvgIpc) is 3.37. The highest BCUT2D eigenvalue weighted by atomic mass is 16.5. The van der Waals surface area contributed by atoms with Crippen molar-refractivity contribution in [2.75, 3.05) is 33.0 Å². The SMILES string of the molecule is CN(C)C/C=C/C(=O)N(C)[C@H]1CC[C@H](Nc2n[nH]c3nccc(Oc4cccc(Oc5ccccc5)c4)c23)CC1. The first-order valence-corrected chi connectivity index (χ1v) is 13.6. The minimum atomic E-state index is 0.0580. The summed E-state index contributed by atoms with van der Waals surface area (Å²) in [6.45, 7) is 0.751. The number of benzene rings is 2. The smallest absolute Gasteiger partial charge is 0.246 e. The van der Waals surface area contributed by atoms with Crippen LogP contribution in [0.5, 0.6) is 23.0 Å². The first-order chi connectivity index (χ1) is 19.5. The zero-order valence-electron chi connectivity index (χ0n) is 23.2. The predicted octanol–water partition coefficient (Wildman–Crippen LogP) is 5.84. The maximum absolute atomic E-state index is 12.6. The number of nitrogens with one attached hydrogen (secondary N) is 2. The van der Waals surface area contributed by atoms with Crippen LogP contribution in [0.4, 0.5) is 5.82 Å². The number of hydrogen-bond acceptors (Lipinski definition) is 7. The van der Waals surface area contributed by atoms with E-state index in [9.17, 15) is 4.79 Å². The van der Waals surface area contributed by atoms with Gasteiger partial charge in [-0.15, -0.1) is 0 Å². The Kier molecular flexibility index (Phi) is 8.61. The molecule has 2 aromatic carbocycles. The van der Waals surface area contributed by atoms with E-state index in [2.05, 4.69) is 20.5 Å². The second-order valence-corrected chi connectivity index (χ2v) is 10.4. The number of rotatable bonds is 10. The number of likely N-dealkylation sites (N-methyl/N-ethyl adjacent to an activating group) is 2. The Hall–Kier alpha value is -4.37. The zero-order chi connectivity index (χ0) is 27.9. The lowest BCUT2D eigenvalue weighted by Crippen LogP contribution is -2.41. The molecule has 1 amide bonds. The molecule has 2 aromatic heterocycles. The normalized spacial score (nSPS) is 17.3. The van der Waals surface area contributed by atoms with E-state index in [1.54, 1.807) is 12.3 Å². The molecule has 0 spiro atoms. The molecule has 0 saturated heterocycles. The summed E-state index contributed by atoms with van der Waals surface area (Å²) in [7, 11) is 5.87. The summed E-state index contributed by atoms with van der Waals surface area (Å²) < 4.78 is 12.3. The van der Waals surface area contributed by atoms with Gasteiger partial charge >= 0.3 is 0 Å². The monoisotopic (exact) mass is 540 g/mol. The van der Waals surface area contributed by atoms with Crippen molar-refractivity contribution in [2.24, 2.45) is 0 Å². The summed E-state index contributed by atoms with van der Waals surface area (Å²) in [5.41, 5.74) is 0.653. The lowest BCUT2D eigenvalue weighted by Gasteiger charge is -2.34. The van der Waals surface area contributed by atoms with Gasteiger partial charge < -0.3 is 24.6 Å². The molecule has 1 aliphatic carbocycles. The van der Waals surface area contributed by atoms with Gasteiger partial charge in [0.15, 0.2) is 11.5 Å².